The second-order valence-corrected chi connectivity index (χ2v) is 6.32. The normalized spacial score (nSPS) is 10.7. The summed E-state index contributed by atoms with van der Waals surface area (Å²) in [6.45, 7) is 0.662. The fourth-order valence-electron chi connectivity index (χ4n) is 3.02. The molecule has 0 amide bonds. The Kier molecular flexibility index (Phi) is 4.62. The van der Waals surface area contributed by atoms with Gasteiger partial charge in [-0.15, -0.1) is 0 Å². The number of benzene rings is 3. The molecule has 1 aromatic heterocycles. The summed E-state index contributed by atoms with van der Waals surface area (Å²) in [7, 11) is 1.67. The molecule has 0 aliphatic heterocycles. The molecule has 0 bridgehead atoms. The van der Waals surface area contributed by atoms with Gasteiger partial charge in [-0.05, 0) is 47.0 Å². The summed E-state index contributed by atoms with van der Waals surface area (Å²) in [4.78, 5) is 4.50. The van der Waals surface area contributed by atoms with Crippen molar-refractivity contribution in [1.29, 1.82) is 0 Å². The molecule has 4 aromatic rings. The van der Waals surface area contributed by atoms with Crippen LogP contribution in [0.2, 0.25) is 0 Å². The lowest BCUT2D eigenvalue weighted by Crippen LogP contribution is -2.01. The van der Waals surface area contributed by atoms with E-state index in [0.29, 0.717) is 12.1 Å². The van der Waals surface area contributed by atoms with Crippen LogP contribution < -0.4 is 10.1 Å². The molecule has 0 aliphatic rings. The summed E-state index contributed by atoms with van der Waals surface area (Å²) in [5, 5.41) is 14.2. The highest BCUT2D eigenvalue weighted by Gasteiger charge is 2.03. The van der Waals surface area contributed by atoms with E-state index in [1.54, 1.807) is 13.2 Å². The number of phenolic OH excluding ortho intramolecular Hbond substituents is 1. The van der Waals surface area contributed by atoms with Crippen LogP contribution in [-0.2, 0) is 6.54 Å². The van der Waals surface area contributed by atoms with Crippen LogP contribution in [-0.4, -0.2) is 17.2 Å². The van der Waals surface area contributed by atoms with Crippen LogP contribution in [0.5, 0.6) is 11.5 Å². The van der Waals surface area contributed by atoms with Gasteiger partial charge in [-0.1, -0.05) is 48.5 Å². The van der Waals surface area contributed by atoms with Crippen molar-refractivity contribution in [2.45, 2.75) is 6.54 Å². The summed E-state index contributed by atoms with van der Waals surface area (Å²) in [5.41, 5.74) is 4.08. The summed E-state index contributed by atoms with van der Waals surface area (Å²) in [6.07, 6.45) is 0. The van der Waals surface area contributed by atoms with Crippen molar-refractivity contribution in [3.8, 4) is 22.6 Å². The zero-order valence-electron chi connectivity index (χ0n) is 15.0. The third kappa shape index (κ3) is 3.70. The first-order valence-electron chi connectivity index (χ1n) is 8.79. The van der Waals surface area contributed by atoms with E-state index >= 15 is 0 Å². The van der Waals surface area contributed by atoms with Gasteiger partial charge in [-0.3, -0.25) is 0 Å². The summed E-state index contributed by atoms with van der Waals surface area (Å²) in [5.74, 6) is 1.79. The predicted molar refractivity (Wildman–Crippen MR) is 109 cm³/mol. The Morgan fingerprint density at radius 2 is 1.56 bits per heavy atom. The molecule has 0 atom stereocenters. The van der Waals surface area contributed by atoms with Crippen LogP contribution in [0.3, 0.4) is 0 Å². The first kappa shape index (κ1) is 16.9. The molecule has 1 heterocycles. The van der Waals surface area contributed by atoms with Crippen LogP contribution in [0.15, 0.2) is 78.9 Å². The number of pyridine rings is 1. The van der Waals surface area contributed by atoms with E-state index in [-0.39, 0.29) is 5.75 Å². The Morgan fingerprint density at radius 3 is 2.26 bits per heavy atom. The van der Waals surface area contributed by atoms with Crippen molar-refractivity contribution in [1.82, 2.24) is 4.98 Å². The molecule has 134 valence electrons. The highest BCUT2D eigenvalue weighted by Crippen LogP contribution is 2.25. The number of anilines is 1. The van der Waals surface area contributed by atoms with Crippen molar-refractivity contribution < 1.29 is 9.84 Å². The van der Waals surface area contributed by atoms with Gasteiger partial charge in [0, 0.05) is 11.9 Å². The Morgan fingerprint density at radius 1 is 0.852 bits per heavy atom. The number of nitrogens with zero attached hydrogens (tertiary/aromatic N) is 1. The molecule has 3 aromatic carbocycles. The molecule has 0 aliphatic carbocycles. The van der Waals surface area contributed by atoms with Gasteiger partial charge in [0.25, 0.3) is 0 Å². The number of aromatic hydroxyl groups is 1. The second kappa shape index (κ2) is 7.38. The average Bonchev–Trinajstić information content (AvgIpc) is 2.73. The Labute approximate surface area is 158 Å². The fourth-order valence-corrected chi connectivity index (χ4v) is 3.02. The smallest absolute Gasteiger partial charge is 0.141 e. The zero-order valence-corrected chi connectivity index (χ0v) is 15.0. The third-order valence-electron chi connectivity index (χ3n) is 4.55. The maximum atomic E-state index is 9.95. The predicted octanol–water partition coefficient (Wildman–Crippen LogP) is 5.23. The van der Waals surface area contributed by atoms with E-state index in [1.165, 1.54) is 0 Å². The number of aromatic nitrogens is 1. The van der Waals surface area contributed by atoms with Crippen LogP contribution in [0.25, 0.3) is 22.0 Å². The van der Waals surface area contributed by atoms with Gasteiger partial charge in [-0.2, -0.15) is 0 Å². The van der Waals surface area contributed by atoms with Gasteiger partial charge >= 0.3 is 0 Å². The minimum absolute atomic E-state index is 0.194. The van der Waals surface area contributed by atoms with Crippen LogP contribution in [0.4, 0.5) is 5.82 Å². The van der Waals surface area contributed by atoms with E-state index in [0.717, 1.165) is 33.6 Å². The van der Waals surface area contributed by atoms with Crippen molar-refractivity contribution in [3.05, 3.63) is 84.4 Å². The van der Waals surface area contributed by atoms with E-state index < -0.39 is 0 Å². The number of para-hydroxylation sites is 1. The van der Waals surface area contributed by atoms with Gasteiger partial charge in [0.2, 0.25) is 0 Å². The van der Waals surface area contributed by atoms with Gasteiger partial charge in [0.1, 0.15) is 22.8 Å². The maximum Gasteiger partial charge on any atom is 0.141 e. The molecule has 2 N–H and O–H groups in total. The first-order chi connectivity index (χ1) is 13.2. The number of nitrogens with one attached hydrogen (secondary N) is 1. The van der Waals surface area contributed by atoms with Gasteiger partial charge in [0.05, 0.1) is 7.11 Å². The average molecular weight is 356 g/mol. The molecule has 0 saturated carbocycles. The van der Waals surface area contributed by atoms with Crippen molar-refractivity contribution in [3.63, 3.8) is 0 Å². The van der Waals surface area contributed by atoms with E-state index in [2.05, 4.69) is 46.7 Å². The van der Waals surface area contributed by atoms with Crippen LogP contribution in [0, 0.1) is 0 Å². The van der Waals surface area contributed by atoms with Crippen LogP contribution >= 0.6 is 0 Å². The number of fused-ring (bicyclic) bond motifs is 1. The summed E-state index contributed by atoms with van der Waals surface area (Å²) in [6, 6.07) is 25.7. The maximum absolute atomic E-state index is 9.95. The molecule has 0 fully saturated rings. The van der Waals surface area contributed by atoms with Gasteiger partial charge in [-0.25, -0.2) is 4.98 Å². The minimum Gasteiger partial charge on any atom is -0.506 e. The number of phenols is 1. The third-order valence-corrected chi connectivity index (χ3v) is 4.55. The number of hydrogen-bond donors (Lipinski definition) is 2. The number of rotatable bonds is 5. The highest BCUT2D eigenvalue weighted by molar-refractivity contribution is 5.85. The highest BCUT2D eigenvalue weighted by atomic mass is 16.5. The van der Waals surface area contributed by atoms with E-state index in [9.17, 15) is 5.11 Å². The summed E-state index contributed by atoms with van der Waals surface area (Å²) < 4.78 is 5.20. The second-order valence-electron chi connectivity index (χ2n) is 6.32. The van der Waals surface area contributed by atoms with Crippen molar-refractivity contribution in [2.24, 2.45) is 0 Å². The lowest BCUT2D eigenvalue weighted by molar-refractivity contribution is 0.415. The SMILES string of the molecule is COc1ccc(-c2ccc(CNc3ccc4cccc(O)c4n3)cc2)cc1. The molecule has 0 saturated heterocycles. The molecule has 0 spiro atoms. The van der Waals surface area contributed by atoms with Crippen molar-refractivity contribution in [2.75, 3.05) is 12.4 Å². The number of methoxy groups -OCH3 is 1. The number of ether oxygens (including phenoxy) is 1. The van der Waals surface area contributed by atoms with Gasteiger partial charge in [0.15, 0.2) is 0 Å². The molecule has 0 radical (unpaired) electrons. The first-order valence-corrected chi connectivity index (χ1v) is 8.79. The largest absolute Gasteiger partial charge is 0.506 e. The Balaban J connectivity index is 1.46. The standard InChI is InChI=1S/C23H20N2O2/c1-27-20-12-9-18(10-13-20)17-7-5-16(6-8-17)15-24-22-14-11-19-3-2-4-21(26)23(19)25-22/h2-14,26H,15H2,1H3,(H,24,25). The zero-order chi connectivity index (χ0) is 18.6. The molecule has 4 heteroatoms. The van der Waals surface area contributed by atoms with E-state index in [1.807, 2.05) is 36.4 Å². The minimum atomic E-state index is 0.194. The van der Waals surface area contributed by atoms with Crippen molar-refractivity contribution >= 4 is 16.7 Å². The lowest BCUT2D eigenvalue weighted by Gasteiger charge is -2.09. The quantitative estimate of drug-likeness (QED) is 0.514. The van der Waals surface area contributed by atoms with Gasteiger partial charge < -0.3 is 15.2 Å². The Bertz CT molecular complexity index is 1060. The Hall–Kier alpha value is -3.53. The lowest BCUT2D eigenvalue weighted by atomic mass is 10.0. The van der Waals surface area contributed by atoms with E-state index in [4.69, 9.17) is 4.74 Å². The monoisotopic (exact) mass is 356 g/mol. The number of hydrogen-bond acceptors (Lipinski definition) is 4. The molecule has 4 nitrogen and oxygen atoms in total. The molecular weight excluding hydrogens is 336 g/mol. The fraction of sp³-hybridized carbons (Fsp3) is 0.0870. The molecule has 4 rings (SSSR count). The topological polar surface area (TPSA) is 54.4 Å². The summed E-state index contributed by atoms with van der Waals surface area (Å²) >= 11 is 0. The molecule has 0 unspecified atom stereocenters. The van der Waals surface area contributed by atoms with Crippen LogP contribution in [0.1, 0.15) is 5.56 Å². The molecular formula is C23H20N2O2. The molecule has 27 heavy (non-hydrogen) atoms.